The Hall–Kier alpha value is -2.67. The van der Waals surface area contributed by atoms with Crippen LogP contribution in [0.5, 0.6) is 0 Å². The Bertz CT molecular complexity index is 744. The second kappa shape index (κ2) is 6.86. The number of hydrogen-bond donors (Lipinski definition) is 1. The molecule has 0 radical (unpaired) electrons. The fraction of sp³-hybridized carbons (Fsp3) is 0.0667. The Kier molecular flexibility index (Phi) is 4.90. The number of hydrogen-bond acceptors (Lipinski definition) is 5. The van der Waals surface area contributed by atoms with E-state index in [1.165, 1.54) is 36.9 Å². The summed E-state index contributed by atoms with van der Waals surface area (Å²) in [5.74, 6) is -1.07. The standard InChI is InChI=1S/C15H12N2O4S/c1-10(15(18)19)8-11-9-12(17(20)21)5-6-13(11)22-14-4-2-3-7-16-14/h2-9H,1H3,(H,18,19)/b10-8+. The van der Waals surface area contributed by atoms with E-state index in [4.69, 9.17) is 5.11 Å². The summed E-state index contributed by atoms with van der Waals surface area (Å²) in [5, 5.41) is 20.6. The molecule has 0 saturated heterocycles. The van der Waals surface area contributed by atoms with Gasteiger partial charge < -0.3 is 5.11 Å². The zero-order valence-corrected chi connectivity index (χ0v) is 12.4. The summed E-state index contributed by atoms with van der Waals surface area (Å²) in [5.41, 5.74) is 0.489. The molecule has 22 heavy (non-hydrogen) atoms. The van der Waals surface area contributed by atoms with E-state index in [-0.39, 0.29) is 11.3 Å². The van der Waals surface area contributed by atoms with Crippen LogP contribution < -0.4 is 0 Å². The van der Waals surface area contributed by atoms with Crippen LogP contribution in [0.4, 0.5) is 5.69 Å². The van der Waals surface area contributed by atoms with Crippen LogP contribution in [-0.4, -0.2) is 21.0 Å². The lowest BCUT2D eigenvalue weighted by Crippen LogP contribution is -1.96. The number of aromatic nitrogens is 1. The van der Waals surface area contributed by atoms with E-state index in [1.54, 1.807) is 18.3 Å². The molecule has 0 atom stereocenters. The molecule has 0 bridgehead atoms. The van der Waals surface area contributed by atoms with E-state index in [2.05, 4.69) is 4.98 Å². The molecule has 112 valence electrons. The van der Waals surface area contributed by atoms with Crippen LogP contribution in [0.1, 0.15) is 12.5 Å². The van der Waals surface area contributed by atoms with Crippen LogP contribution >= 0.6 is 11.8 Å². The van der Waals surface area contributed by atoms with Crippen LogP contribution in [0.25, 0.3) is 6.08 Å². The summed E-state index contributed by atoms with van der Waals surface area (Å²) in [7, 11) is 0. The Morgan fingerprint density at radius 2 is 2.14 bits per heavy atom. The topological polar surface area (TPSA) is 93.3 Å². The van der Waals surface area contributed by atoms with Crippen molar-refractivity contribution < 1.29 is 14.8 Å². The first kappa shape index (κ1) is 15.7. The molecule has 0 saturated carbocycles. The summed E-state index contributed by atoms with van der Waals surface area (Å²) < 4.78 is 0. The van der Waals surface area contributed by atoms with E-state index < -0.39 is 10.9 Å². The normalized spacial score (nSPS) is 11.2. The summed E-state index contributed by atoms with van der Waals surface area (Å²) in [6.45, 7) is 1.44. The number of rotatable bonds is 5. The third-order valence-corrected chi connectivity index (χ3v) is 3.81. The Balaban J connectivity index is 2.46. The third kappa shape index (κ3) is 3.92. The van der Waals surface area contributed by atoms with Crippen LogP contribution in [0.15, 0.2) is 58.1 Å². The number of nitro benzene ring substituents is 1. The molecule has 7 heteroatoms. The highest BCUT2D eigenvalue weighted by molar-refractivity contribution is 7.99. The molecule has 0 unspecified atom stereocenters. The summed E-state index contributed by atoms with van der Waals surface area (Å²) in [6.07, 6.45) is 3.06. The molecule has 1 aromatic carbocycles. The van der Waals surface area contributed by atoms with Gasteiger partial charge in [-0.1, -0.05) is 17.8 Å². The van der Waals surface area contributed by atoms with Gasteiger partial charge in [-0.15, -0.1) is 0 Å². The van der Waals surface area contributed by atoms with Crippen molar-refractivity contribution >= 4 is 29.5 Å². The van der Waals surface area contributed by atoms with Gasteiger partial charge in [0.15, 0.2) is 0 Å². The fourth-order valence-corrected chi connectivity index (χ4v) is 2.53. The molecule has 0 aliphatic rings. The van der Waals surface area contributed by atoms with E-state index in [0.717, 1.165) is 5.03 Å². The lowest BCUT2D eigenvalue weighted by atomic mass is 10.1. The maximum Gasteiger partial charge on any atom is 0.331 e. The first-order valence-corrected chi connectivity index (χ1v) is 7.08. The minimum absolute atomic E-state index is 0.0881. The van der Waals surface area contributed by atoms with Crippen LogP contribution in [0, 0.1) is 10.1 Å². The second-order valence-corrected chi connectivity index (χ2v) is 5.44. The van der Waals surface area contributed by atoms with Crippen molar-refractivity contribution in [1.82, 2.24) is 4.98 Å². The van der Waals surface area contributed by atoms with Crippen molar-refractivity contribution in [2.45, 2.75) is 16.8 Å². The van der Waals surface area contributed by atoms with Crippen LogP contribution in [-0.2, 0) is 4.79 Å². The van der Waals surface area contributed by atoms with Gasteiger partial charge in [-0.3, -0.25) is 10.1 Å². The minimum Gasteiger partial charge on any atom is -0.478 e. The number of pyridine rings is 1. The number of carboxylic acids is 1. The van der Waals surface area contributed by atoms with Gasteiger partial charge in [-0.25, -0.2) is 9.78 Å². The number of benzene rings is 1. The van der Waals surface area contributed by atoms with Gasteiger partial charge in [0.1, 0.15) is 5.03 Å². The van der Waals surface area contributed by atoms with Crippen LogP contribution in [0.3, 0.4) is 0 Å². The van der Waals surface area contributed by atoms with Crippen molar-refractivity contribution in [2.75, 3.05) is 0 Å². The zero-order chi connectivity index (χ0) is 16.1. The molecule has 1 aromatic heterocycles. The summed E-state index contributed by atoms with van der Waals surface area (Å²) in [4.78, 5) is 26.2. The Labute approximate surface area is 130 Å². The molecule has 0 aliphatic heterocycles. The van der Waals surface area contributed by atoms with Crippen molar-refractivity contribution in [2.24, 2.45) is 0 Å². The highest BCUT2D eigenvalue weighted by Crippen LogP contribution is 2.32. The molecule has 1 N–H and O–H groups in total. The molecule has 2 rings (SSSR count). The van der Waals surface area contributed by atoms with Gasteiger partial charge in [0.25, 0.3) is 5.69 Å². The second-order valence-electron chi connectivity index (χ2n) is 4.38. The van der Waals surface area contributed by atoms with Gasteiger partial charge >= 0.3 is 5.97 Å². The van der Waals surface area contributed by atoms with E-state index in [0.29, 0.717) is 10.5 Å². The van der Waals surface area contributed by atoms with Gasteiger partial charge in [0, 0.05) is 28.8 Å². The smallest absolute Gasteiger partial charge is 0.331 e. The van der Waals surface area contributed by atoms with Gasteiger partial charge in [-0.05, 0) is 36.8 Å². The molecule has 0 fully saturated rings. The molecule has 2 aromatic rings. The van der Waals surface area contributed by atoms with Crippen molar-refractivity contribution in [1.29, 1.82) is 0 Å². The fourth-order valence-electron chi connectivity index (χ4n) is 1.67. The predicted octanol–water partition coefficient (Wildman–Crippen LogP) is 3.63. The predicted molar refractivity (Wildman–Crippen MR) is 82.7 cm³/mol. The van der Waals surface area contributed by atoms with Crippen molar-refractivity contribution in [3.8, 4) is 0 Å². The first-order chi connectivity index (χ1) is 10.5. The van der Waals surface area contributed by atoms with E-state index in [1.807, 2.05) is 12.1 Å². The molecular weight excluding hydrogens is 304 g/mol. The highest BCUT2D eigenvalue weighted by atomic mass is 32.2. The molecule has 0 amide bonds. The average molecular weight is 316 g/mol. The maximum atomic E-state index is 11.0. The third-order valence-electron chi connectivity index (χ3n) is 2.77. The average Bonchev–Trinajstić information content (AvgIpc) is 2.49. The van der Waals surface area contributed by atoms with Gasteiger partial charge in [0.05, 0.1) is 4.92 Å². The van der Waals surface area contributed by atoms with Crippen LogP contribution in [0.2, 0.25) is 0 Å². The Morgan fingerprint density at radius 1 is 1.36 bits per heavy atom. The largest absolute Gasteiger partial charge is 0.478 e. The molecule has 0 aliphatic carbocycles. The molecular formula is C15H12N2O4S. The number of aliphatic carboxylic acids is 1. The van der Waals surface area contributed by atoms with Gasteiger partial charge in [-0.2, -0.15) is 0 Å². The van der Waals surface area contributed by atoms with Crippen molar-refractivity contribution in [3.63, 3.8) is 0 Å². The summed E-state index contributed by atoms with van der Waals surface area (Å²) >= 11 is 1.32. The lowest BCUT2D eigenvalue weighted by Gasteiger charge is -2.06. The first-order valence-electron chi connectivity index (χ1n) is 6.26. The Morgan fingerprint density at radius 3 is 2.73 bits per heavy atom. The maximum absolute atomic E-state index is 11.0. The monoisotopic (exact) mass is 316 g/mol. The SMILES string of the molecule is C/C(=C\c1cc([N+](=O)[O-])ccc1Sc1ccccn1)C(=O)O. The number of carbonyl (C=O) groups is 1. The lowest BCUT2D eigenvalue weighted by molar-refractivity contribution is -0.384. The molecule has 0 spiro atoms. The zero-order valence-electron chi connectivity index (χ0n) is 11.6. The number of carboxylic acid groups (broad SMARTS) is 1. The number of nitrogens with zero attached hydrogens (tertiary/aromatic N) is 2. The summed E-state index contributed by atoms with van der Waals surface area (Å²) in [6, 6.07) is 9.77. The van der Waals surface area contributed by atoms with Gasteiger partial charge in [0.2, 0.25) is 0 Å². The number of nitro groups is 1. The van der Waals surface area contributed by atoms with E-state index >= 15 is 0 Å². The van der Waals surface area contributed by atoms with Crippen molar-refractivity contribution in [3.05, 3.63) is 63.8 Å². The van der Waals surface area contributed by atoms with E-state index in [9.17, 15) is 14.9 Å². The quantitative estimate of drug-likeness (QED) is 0.514. The highest BCUT2D eigenvalue weighted by Gasteiger charge is 2.12. The molecule has 1 heterocycles. The minimum atomic E-state index is -1.07. The number of non-ortho nitro benzene ring substituents is 1. The molecule has 6 nitrogen and oxygen atoms in total.